The minimum absolute atomic E-state index is 0.0560. The zero-order valence-corrected chi connectivity index (χ0v) is 18.2. The number of amides is 2. The van der Waals surface area contributed by atoms with E-state index in [1.54, 1.807) is 9.80 Å². The molecule has 8 heteroatoms. The van der Waals surface area contributed by atoms with Crippen LogP contribution >= 0.6 is 0 Å². The Kier molecular flexibility index (Phi) is 6.97. The molecule has 1 aromatic carbocycles. The number of hydrogen-bond donors (Lipinski definition) is 1. The zero-order valence-electron chi connectivity index (χ0n) is 18.2. The quantitative estimate of drug-likeness (QED) is 0.816. The maximum Gasteiger partial charge on any atom is 0.287 e. The van der Waals surface area contributed by atoms with Crippen LogP contribution in [-0.2, 0) is 20.7 Å². The number of fused-ring (bicyclic) bond motifs is 1. The second-order valence-electron chi connectivity index (χ2n) is 7.49. The summed E-state index contributed by atoms with van der Waals surface area (Å²) >= 11 is 0. The maximum atomic E-state index is 14.6. The maximum absolute atomic E-state index is 14.6. The Morgan fingerprint density at radius 1 is 1.23 bits per heavy atom. The van der Waals surface area contributed by atoms with Crippen molar-refractivity contribution in [2.45, 2.75) is 45.8 Å². The van der Waals surface area contributed by atoms with Crippen molar-refractivity contribution in [1.29, 1.82) is 0 Å². The average Bonchev–Trinajstić information content (AvgIpc) is 3.12. The number of rotatable bonds is 3. The van der Waals surface area contributed by atoms with E-state index in [1.807, 2.05) is 45.0 Å². The van der Waals surface area contributed by atoms with Crippen molar-refractivity contribution in [2.75, 3.05) is 38.3 Å². The van der Waals surface area contributed by atoms with E-state index in [2.05, 4.69) is 5.32 Å². The fraction of sp³-hybridized carbons (Fsp3) is 0.545. The van der Waals surface area contributed by atoms with Crippen LogP contribution in [0.3, 0.4) is 0 Å². The van der Waals surface area contributed by atoms with E-state index < -0.39 is 17.9 Å². The van der Waals surface area contributed by atoms with E-state index in [-0.39, 0.29) is 24.2 Å². The number of ether oxygens (including phenoxy) is 1. The Morgan fingerprint density at radius 2 is 1.90 bits per heavy atom. The highest BCUT2D eigenvalue weighted by molar-refractivity contribution is 5.98. The average molecular weight is 419 g/mol. The summed E-state index contributed by atoms with van der Waals surface area (Å²) in [5.41, 5.74) is 2.06. The third-order valence-corrected chi connectivity index (χ3v) is 5.66. The molecule has 30 heavy (non-hydrogen) atoms. The highest BCUT2D eigenvalue weighted by Gasteiger charge is 2.38. The lowest BCUT2D eigenvalue weighted by atomic mass is 10.1. The molecule has 0 spiro atoms. The molecule has 1 saturated heterocycles. The van der Waals surface area contributed by atoms with Crippen LogP contribution in [0.15, 0.2) is 35.9 Å². The van der Waals surface area contributed by atoms with Crippen molar-refractivity contribution < 1.29 is 18.7 Å². The van der Waals surface area contributed by atoms with Gasteiger partial charge in [-0.1, -0.05) is 32.0 Å². The smallest absolute Gasteiger partial charge is 0.287 e. The predicted molar refractivity (Wildman–Crippen MR) is 113 cm³/mol. The van der Waals surface area contributed by atoms with E-state index in [1.165, 1.54) is 11.9 Å². The molecule has 0 saturated carbocycles. The third kappa shape index (κ3) is 4.14. The highest BCUT2D eigenvalue weighted by atomic mass is 19.1. The summed E-state index contributed by atoms with van der Waals surface area (Å²) in [5.74, 6) is -1.43. The lowest BCUT2D eigenvalue weighted by molar-refractivity contribution is -0.133. The number of carbonyl (C=O) groups excluding carboxylic acids is 2. The Hall–Kier alpha value is -2.61. The van der Waals surface area contributed by atoms with Crippen molar-refractivity contribution in [3.05, 3.63) is 41.5 Å². The number of hydrogen-bond acceptors (Lipinski definition) is 5. The molecule has 3 aliphatic rings. The van der Waals surface area contributed by atoms with Gasteiger partial charge in [0.1, 0.15) is 12.0 Å². The molecule has 164 valence electrons. The van der Waals surface area contributed by atoms with Gasteiger partial charge in [-0.3, -0.25) is 9.59 Å². The SMILES string of the molecule is CC.C[C@@H]1Cc2ccccc2N1C(=O)CC1NC(N2CCOCC2)=C(F)C(=O)N1C. The number of morpholine rings is 1. The van der Waals surface area contributed by atoms with Gasteiger partial charge in [0.25, 0.3) is 5.91 Å². The van der Waals surface area contributed by atoms with Crippen molar-refractivity contribution in [3.8, 4) is 0 Å². The summed E-state index contributed by atoms with van der Waals surface area (Å²) in [6, 6.07) is 7.92. The van der Waals surface area contributed by atoms with E-state index >= 15 is 0 Å². The monoisotopic (exact) mass is 418 g/mol. The minimum atomic E-state index is -0.812. The summed E-state index contributed by atoms with van der Waals surface area (Å²) in [7, 11) is 1.52. The van der Waals surface area contributed by atoms with Crippen molar-refractivity contribution >= 4 is 17.5 Å². The van der Waals surface area contributed by atoms with Gasteiger partial charge < -0.3 is 24.8 Å². The molecule has 3 aliphatic heterocycles. The van der Waals surface area contributed by atoms with Gasteiger partial charge in [0.2, 0.25) is 11.7 Å². The molecule has 0 aliphatic carbocycles. The largest absolute Gasteiger partial charge is 0.378 e. The molecule has 4 rings (SSSR count). The van der Waals surface area contributed by atoms with Crippen LogP contribution in [-0.4, -0.2) is 67.2 Å². The number of nitrogens with one attached hydrogen (secondary N) is 1. The van der Waals surface area contributed by atoms with E-state index in [0.29, 0.717) is 26.3 Å². The number of likely N-dealkylation sites (N-methyl/N-ethyl adjacent to an activating group) is 1. The third-order valence-electron chi connectivity index (χ3n) is 5.66. The molecule has 0 radical (unpaired) electrons. The molecular formula is C22H31FN4O3. The van der Waals surface area contributed by atoms with Crippen LogP contribution in [0.1, 0.15) is 32.8 Å². The normalized spacial score (nSPS) is 23.6. The van der Waals surface area contributed by atoms with Gasteiger partial charge in [0.15, 0.2) is 0 Å². The van der Waals surface area contributed by atoms with Gasteiger partial charge >= 0.3 is 0 Å². The highest BCUT2D eigenvalue weighted by Crippen LogP contribution is 2.33. The van der Waals surface area contributed by atoms with Gasteiger partial charge in [0, 0.05) is 31.9 Å². The predicted octanol–water partition coefficient (Wildman–Crippen LogP) is 2.24. The second-order valence-corrected chi connectivity index (χ2v) is 7.49. The number of nitrogens with zero attached hydrogens (tertiary/aromatic N) is 3. The van der Waals surface area contributed by atoms with Crippen LogP contribution in [0, 0.1) is 0 Å². The number of anilines is 1. The second kappa shape index (κ2) is 9.47. The first-order chi connectivity index (χ1) is 14.5. The Morgan fingerprint density at radius 3 is 2.60 bits per heavy atom. The number of para-hydroxylation sites is 1. The van der Waals surface area contributed by atoms with Crippen LogP contribution in [0.5, 0.6) is 0 Å². The van der Waals surface area contributed by atoms with Gasteiger partial charge in [-0.15, -0.1) is 0 Å². The summed E-state index contributed by atoms with van der Waals surface area (Å²) in [5, 5.41) is 3.08. The Labute approximate surface area is 177 Å². The number of benzene rings is 1. The number of halogens is 1. The molecular weight excluding hydrogens is 387 g/mol. The summed E-state index contributed by atoms with van der Waals surface area (Å²) in [4.78, 5) is 30.4. The van der Waals surface area contributed by atoms with E-state index in [0.717, 1.165) is 17.7 Å². The molecule has 0 bridgehead atoms. The standard InChI is InChI=1S/C20H25FN4O3.C2H6/c1-13-11-14-5-3-4-6-15(14)25(13)17(26)12-16-22-19(18(21)20(27)23(16)2)24-7-9-28-10-8-24;1-2/h3-6,13,16,22H,7-12H2,1-2H3;1-2H3/t13-,16?;/m1./s1. The van der Waals surface area contributed by atoms with Crippen molar-refractivity contribution in [3.63, 3.8) is 0 Å². The summed E-state index contributed by atoms with van der Waals surface area (Å²) in [6.45, 7) is 7.98. The van der Waals surface area contributed by atoms with Gasteiger partial charge in [-0.25, -0.2) is 0 Å². The molecule has 2 amide bonds. The lowest BCUT2D eigenvalue weighted by Crippen LogP contribution is -2.57. The molecule has 1 aromatic rings. The fourth-order valence-corrected chi connectivity index (χ4v) is 4.13. The Bertz CT molecular complexity index is 822. The number of carbonyl (C=O) groups is 2. The Balaban J connectivity index is 0.00000124. The zero-order chi connectivity index (χ0) is 21.8. The van der Waals surface area contributed by atoms with Crippen molar-refractivity contribution in [2.24, 2.45) is 0 Å². The molecule has 1 N–H and O–H groups in total. The molecule has 1 unspecified atom stereocenters. The topological polar surface area (TPSA) is 65.1 Å². The first-order valence-electron chi connectivity index (χ1n) is 10.6. The molecule has 2 atom stereocenters. The van der Waals surface area contributed by atoms with Crippen molar-refractivity contribution in [1.82, 2.24) is 15.1 Å². The fourth-order valence-electron chi connectivity index (χ4n) is 4.13. The lowest BCUT2D eigenvalue weighted by Gasteiger charge is -2.40. The molecule has 7 nitrogen and oxygen atoms in total. The first kappa shape index (κ1) is 22.1. The van der Waals surface area contributed by atoms with Crippen LogP contribution in [0.4, 0.5) is 10.1 Å². The van der Waals surface area contributed by atoms with Gasteiger partial charge in [-0.05, 0) is 25.0 Å². The van der Waals surface area contributed by atoms with Gasteiger partial charge in [0.05, 0.1) is 19.6 Å². The summed E-state index contributed by atoms with van der Waals surface area (Å²) in [6.07, 6.45) is 0.280. The van der Waals surface area contributed by atoms with E-state index in [9.17, 15) is 14.0 Å². The summed E-state index contributed by atoms with van der Waals surface area (Å²) < 4.78 is 19.9. The van der Waals surface area contributed by atoms with Gasteiger partial charge in [-0.2, -0.15) is 4.39 Å². The molecule has 0 aromatic heterocycles. The first-order valence-corrected chi connectivity index (χ1v) is 10.6. The van der Waals surface area contributed by atoms with Crippen LogP contribution < -0.4 is 10.2 Å². The van der Waals surface area contributed by atoms with Crippen LogP contribution in [0.25, 0.3) is 0 Å². The van der Waals surface area contributed by atoms with E-state index in [4.69, 9.17) is 4.74 Å². The van der Waals surface area contributed by atoms with Crippen LogP contribution in [0.2, 0.25) is 0 Å². The molecule has 1 fully saturated rings. The minimum Gasteiger partial charge on any atom is -0.378 e. The molecule has 3 heterocycles.